The largest absolute Gasteiger partial charge is 0.355 e. The molecule has 186 valence electrons. The van der Waals surface area contributed by atoms with Crippen molar-refractivity contribution in [2.75, 3.05) is 28.6 Å². The maximum Gasteiger partial charge on any atom is 0.276 e. The van der Waals surface area contributed by atoms with Crippen molar-refractivity contribution in [3.05, 3.63) is 70.5 Å². The maximum atomic E-state index is 12.9. The molecule has 9 heteroatoms. The van der Waals surface area contributed by atoms with Crippen molar-refractivity contribution in [1.29, 1.82) is 0 Å². The number of hydrogen-bond donors (Lipinski definition) is 2. The van der Waals surface area contributed by atoms with Gasteiger partial charge in [0, 0.05) is 24.3 Å². The van der Waals surface area contributed by atoms with Gasteiger partial charge in [-0.3, -0.25) is 9.59 Å². The third-order valence-corrected chi connectivity index (χ3v) is 7.42. The van der Waals surface area contributed by atoms with Crippen molar-refractivity contribution in [3.63, 3.8) is 0 Å². The predicted molar refractivity (Wildman–Crippen MR) is 141 cm³/mol. The first-order valence-corrected chi connectivity index (χ1v) is 12.8. The predicted octanol–water partition coefficient (Wildman–Crippen LogP) is 5.35. The Hall–Kier alpha value is -3.52. The number of carbonyl (C=O) groups excluding carboxylic acids is 2. The third-order valence-electron chi connectivity index (χ3n) is 7.18. The Balaban J connectivity index is 1.26. The molecule has 8 nitrogen and oxygen atoms in total. The van der Waals surface area contributed by atoms with Crippen LogP contribution in [-0.4, -0.2) is 40.1 Å². The lowest BCUT2D eigenvalue weighted by Gasteiger charge is -2.41. The second-order valence-corrected chi connectivity index (χ2v) is 10.0. The van der Waals surface area contributed by atoms with Crippen LogP contribution in [0, 0.1) is 18.8 Å². The average molecular weight is 505 g/mol. The molecule has 2 aromatic heterocycles. The minimum absolute atomic E-state index is 0.173. The Labute approximate surface area is 215 Å². The number of aryl methyl sites for hydroxylation is 1. The molecular weight excluding hydrogens is 476 g/mol. The van der Waals surface area contributed by atoms with Gasteiger partial charge in [-0.15, -0.1) is 10.2 Å². The number of pyridine rings is 1. The number of amides is 2. The van der Waals surface area contributed by atoms with E-state index in [2.05, 4.69) is 30.7 Å². The van der Waals surface area contributed by atoms with Crippen molar-refractivity contribution in [3.8, 4) is 0 Å². The van der Waals surface area contributed by atoms with E-state index in [0.717, 1.165) is 42.7 Å². The molecule has 2 atom stereocenters. The van der Waals surface area contributed by atoms with Crippen LogP contribution in [-0.2, 0) is 0 Å². The molecule has 0 radical (unpaired) electrons. The number of rotatable bonds is 5. The Kier molecular flexibility index (Phi) is 7.13. The highest BCUT2D eigenvalue weighted by atomic mass is 35.5. The van der Waals surface area contributed by atoms with Gasteiger partial charge in [0.25, 0.3) is 11.8 Å². The molecule has 1 saturated heterocycles. The summed E-state index contributed by atoms with van der Waals surface area (Å²) in [5.74, 6) is 2.07. The van der Waals surface area contributed by atoms with E-state index in [1.54, 1.807) is 30.5 Å². The summed E-state index contributed by atoms with van der Waals surface area (Å²) in [4.78, 5) is 32.3. The molecule has 5 rings (SSSR count). The second-order valence-electron chi connectivity index (χ2n) is 9.61. The van der Waals surface area contributed by atoms with E-state index in [4.69, 9.17) is 11.6 Å². The number of nitrogens with zero attached hydrogens (tertiary/aromatic N) is 4. The summed E-state index contributed by atoms with van der Waals surface area (Å²) < 4.78 is 0. The van der Waals surface area contributed by atoms with Crippen LogP contribution in [0.15, 0.2) is 48.7 Å². The van der Waals surface area contributed by atoms with E-state index in [1.807, 2.05) is 19.1 Å². The van der Waals surface area contributed by atoms with Crippen molar-refractivity contribution in [1.82, 2.24) is 15.2 Å². The number of benzene rings is 1. The SMILES string of the molecule is Cc1ccc(NC(=O)c2cc(Cl)ccc2NC(=O)c2ccc(N3CCCC4CCC4CC3)nn2)nc1. The molecule has 0 bridgehead atoms. The summed E-state index contributed by atoms with van der Waals surface area (Å²) >= 11 is 6.14. The van der Waals surface area contributed by atoms with E-state index in [9.17, 15) is 9.59 Å². The van der Waals surface area contributed by atoms with Gasteiger partial charge in [0.05, 0.1) is 11.3 Å². The number of nitrogens with one attached hydrogen (secondary N) is 2. The van der Waals surface area contributed by atoms with Crippen LogP contribution in [0.5, 0.6) is 0 Å². The lowest BCUT2D eigenvalue weighted by molar-refractivity contribution is 0.102. The summed E-state index contributed by atoms with van der Waals surface area (Å²) in [6, 6.07) is 11.8. The van der Waals surface area contributed by atoms with E-state index >= 15 is 0 Å². The van der Waals surface area contributed by atoms with Gasteiger partial charge in [-0.05, 0) is 92.8 Å². The molecule has 1 aliphatic carbocycles. The van der Waals surface area contributed by atoms with E-state index in [1.165, 1.54) is 31.7 Å². The topological polar surface area (TPSA) is 100 Å². The van der Waals surface area contributed by atoms with Gasteiger partial charge in [-0.1, -0.05) is 17.7 Å². The van der Waals surface area contributed by atoms with Crippen molar-refractivity contribution in [2.24, 2.45) is 11.8 Å². The minimum Gasteiger partial charge on any atom is -0.355 e. The van der Waals surface area contributed by atoms with Gasteiger partial charge < -0.3 is 15.5 Å². The number of hydrogen-bond acceptors (Lipinski definition) is 6. The number of halogens is 1. The van der Waals surface area contributed by atoms with Gasteiger partial charge in [0.15, 0.2) is 11.5 Å². The fourth-order valence-corrected chi connectivity index (χ4v) is 5.12. The van der Waals surface area contributed by atoms with E-state index in [0.29, 0.717) is 16.5 Å². The molecular formula is C27H29ClN6O2. The van der Waals surface area contributed by atoms with Gasteiger partial charge in [0.2, 0.25) is 0 Å². The number of anilines is 3. The van der Waals surface area contributed by atoms with Crippen LogP contribution >= 0.6 is 11.6 Å². The Morgan fingerprint density at radius 3 is 2.47 bits per heavy atom. The average Bonchev–Trinajstić information content (AvgIpc) is 2.86. The van der Waals surface area contributed by atoms with Crippen LogP contribution in [0.4, 0.5) is 17.3 Å². The second kappa shape index (κ2) is 10.6. The zero-order chi connectivity index (χ0) is 25.1. The normalized spacial score (nSPS) is 19.3. The van der Waals surface area contributed by atoms with Crippen LogP contribution in [0.2, 0.25) is 5.02 Å². The molecule has 2 unspecified atom stereocenters. The first kappa shape index (κ1) is 24.2. The number of carbonyl (C=O) groups is 2. The quantitative estimate of drug-likeness (QED) is 0.485. The number of aromatic nitrogens is 3. The molecule has 3 aromatic rings. The Morgan fingerprint density at radius 2 is 1.75 bits per heavy atom. The molecule has 3 heterocycles. The standard InChI is InChI=1S/C27H29ClN6O2/c1-17-4-10-24(29-16-17)31-26(35)21-15-20(28)7-8-22(21)30-27(36)23-9-11-25(33-32-23)34-13-2-3-18-5-6-19(18)12-14-34/h4,7-11,15-16,18-19H,2-3,5-6,12-14H2,1H3,(H,30,36)(H,29,31,35). The number of fused-ring (bicyclic) bond motifs is 1. The van der Waals surface area contributed by atoms with Crippen LogP contribution in [0.25, 0.3) is 0 Å². The van der Waals surface area contributed by atoms with Gasteiger partial charge in [-0.25, -0.2) is 4.98 Å². The van der Waals surface area contributed by atoms with Crippen LogP contribution < -0.4 is 15.5 Å². The zero-order valence-electron chi connectivity index (χ0n) is 20.2. The first-order valence-electron chi connectivity index (χ1n) is 12.4. The fourth-order valence-electron chi connectivity index (χ4n) is 4.95. The monoisotopic (exact) mass is 504 g/mol. The molecule has 2 N–H and O–H groups in total. The fraction of sp³-hybridized carbons (Fsp3) is 0.370. The molecule has 1 aliphatic heterocycles. The van der Waals surface area contributed by atoms with Gasteiger partial charge >= 0.3 is 0 Å². The Morgan fingerprint density at radius 1 is 0.917 bits per heavy atom. The summed E-state index contributed by atoms with van der Waals surface area (Å²) in [7, 11) is 0. The highest BCUT2D eigenvalue weighted by molar-refractivity contribution is 6.31. The maximum absolute atomic E-state index is 12.9. The lowest BCUT2D eigenvalue weighted by Crippen LogP contribution is -2.36. The first-order chi connectivity index (χ1) is 17.5. The molecule has 36 heavy (non-hydrogen) atoms. The lowest BCUT2D eigenvalue weighted by atomic mass is 9.69. The molecule has 2 fully saturated rings. The third kappa shape index (κ3) is 5.49. The van der Waals surface area contributed by atoms with Crippen LogP contribution in [0.3, 0.4) is 0 Å². The highest BCUT2D eigenvalue weighted by Crippen LogP contribution is 2.41. The summed E-state index contributed by atoms with van der Waals surface area (Å²) in [5.41, 5.74) is 1.69. The van der Waals surface area contributed by atoms with E-state index < -0.39 is 11.8 Å². The Bertz CT molecular complexity index is 1250. The smallest absolute Gasteiger partial charge is 0.276 e. The zero-order valence-corrected chi connectivity index (χ0v) is 21.0. The summed E-state index contributed by atoms with van der Waals surface area (Å²) in [5, 5.41) is 14.4. The minimum atomic E-state index is -0.455. The van der Waals surface area contributed by atoms with Crippen molar-refractivity contribution < 1.29 is 9.59 Å². The van der Waals surface area contributed by atoms with Gasteiger partial charge in [-0.2, -0.15) is 0 Å². The summed E-state index contributed by atoms with van der Waals surface area (Å²) in [6.45, 7) is 3.85. The van der Waals surface area contributed by atoms with Crippen molar-refractivity contribution >= 4 is 40.7 Å². The van der Waals surface area contributed by atoms with Crippen LogP contribution in [0.1, 0.15) is 58.5 Å². The summed E-state index contributed by atoms with van der Waals surface area (Å²) in [6.07, 6.45) is 8.02. The molecule has 0 spiro atoms. The molecule has 2 amide bonds. The molecule has 1 aromatic carbocycles. The van der Waals surface area contributed by atoms with E-state index in [-0.39, 0.29) is 11.3 Å². The van der Waals surface area contributed by atoms with Crippen molar-refractivity contribution in [2.45, 2.75) is 39.0 Å². The highest BCUT2D eigenvalue weighted by Gasteiger charge is 2.32. The molecule has 2 aliphatic rings. The van der Waals surface area contributed by atoms with Gasteiger partial charge in [0.1, 0.15) is 5.82 Å². The molecule has 1 saturated carbocycles.